The number of carboxylic acids is 1. The summed E-state index contributed by atoms with van der Waals surface area (Å²) in [6.07, 6.45) is 3.16. The number of hydrogen-bond acceptors (Lipinski definition) is 3. The van der Waals surface area contributed by atoms with Crippen LogP contribution in [-0.4, -0.2) is 26.0 Å². The number of phenols is 1. The normalized spacial score (nSPS) is 11.4. The van der Waals surface area contributed by atoms with Crippen molar-refractivity contribution in [1.29, 1.82) is 0 Å². The third kappa shape index (κ3) is 1.95. The van der Waals surface area contributed by atoms with Crippen LogP contribution in [0.15, 0.2) is 36.7 Å². The summed E-state index contributed by atoms with van der Waals surface area (Å²) in [7, 11) is 0. The van der Waals surface area contributed by atoms with Gasteiger partial charge in [0.25, 0.3) is 0 Å². The maximum Gasteiger partial charge on any atom is 0.331 e. The maximum atomic E-state index is 11.1. The van der Waals surface area contributed by atoms with Crippen LogP contribution in [0.5, 0.6) is 5.75 Å². The lowest BCUT2D eigenvalue weighted by Crippen LogP contribution is -2.35. The Hall–Kier alpha value is -2.30. The number of aliphatic carboxylic acids is 1. The molecule has 18 heavy (non-hydrogen) atoms. The number of aromatic hydroxyl groups is 1. The predicted molar refractivity (Wildman–Crippen MR) is 66.3 cm³/mol. The first kappa shape index (κ1) is 12.2. The lowest BCUT2D eigenvalue weighted by atomic mass is 10.1. The maximum absolute atomic E-state index is 11.1. The molecule has 2 N–H and O–H groups in total. The molecule has 94 valence electrons. The molecule has 0 saturated carbocycles. The fourth-order valence-electron chi connectivity index (χ4n) is 1.58. The first-order valence-electron chi connectivity index (χ1n) is 5.50. The van der Waals surface area contributed by atoms with Crippen molar-refractivity contribution >= 4 is 5.97 Å². The van der Waals surface area contributed by atoms with Crippen molar-refractivity contribution in [2.24, 2.45) is 0 Å². The van der Waals surface area contributed by atoms with Crippen LogP contribution >= 0.6 is 0 Å². The molecule has 1 heterocycles. The van der Waals surface area contributed by atoms with Crippen molar-refractivity contribution in [3.8, 4) is 16.9 Å². The highest BCUT2D eigenvalue weighted by atomic mass is 16.4. The Balaban J connectivity index is 2.44. The van der Waals surface area contributed by atoms with Gasteiger partial charge in [-0.15, -0.1) is 0 Å². The molecule has 0 bridgehead atoms. The summed E-state index contributed by atoms with van der Waals surface area (Å²) >= 11 is 0. The predicted octanol–water partition coefficient (Wildman–Crippen LogP) is 2.08. The van der Waals surface area contributed by atoms with Gasteiger partial charge >= 0.3 is 5.97 Å². The molecule has 0 atom stereocenters. The van der Waals surface area contributed by atoms with Crippen LogP contribution in [0.4, 0.5) is 0 Å². The van der Waals surface area contributed by atoms with E-state index in [0.29, 0.717) is 11.1 Å². The molecule has 0 unspecified atom stereocenters. The van der Waals surface area contributed by atoms with Gasteiger partial charge in [0.1, 0.15) is 5.75 Å². The van der Waals surface area contributed by atoms with Crippen molar-refractivity contribution in [3.63, 3.8) is 0 Å². The van der Waals surface area contributed by atoms with E-state index in [1.165, 1.54) is 4.68 Å². The molecule has 0 aliphatic heterocycles. The molecule has 2 aromatic rings. The SMILES string of the molecule is CC(C)(C(=O)O)n1cc(-c2ccccc2O)cn1. The number of para-hydroxylation sites is 1. The van der Waals surface area contributed by atoms with Gasteiger partial charge in [-0.2, -0.15) is 5.10 Å². The molecule has 0 spiro atoms. The third-order valence-electron chi connectivity index (χ3n) is 2.89. The minimum absolute atomic E-state index is 0.144. The third-order valence-corrected chi connectivity index (χ3v) is 2.89. The summed E-state index contributed by atoms with van der Waals surface area (Å²) < 4.78 is 1.37. The van der Waals surface area contributed by atoms with Crippen LogP contribution in [0.3, 0.4) is 0 Å². The van der Waals surface area contributed by atoms with Gasteiger partial charge in [0.2, 0.25) is 0 Å². The van der Waals surface area contributed by atoms with Gasteiger partial charge in [-0.3, -0.25) is 4.68 Å². The van der Waals surface area contributed by atoms with Crippen LogP contribution in [0.2, 0.25) is 0 Å². The van der Waals surface area contributed by atoms with Crippen LogP contribution < -0.4 is 0 Å². The van der Waals surface area contributed by atoms with Crippen LogP contribution in [0.25, 0.3) is 11.1 Å². The molecular formula is C13H14N2O3. The molecule has 5 heteroatoms. The van der Waals surface area contributed by atoms with E-state index in [1.807, 2.05) is 0 Å². The summed E-state index contributed by atoms with van der Waals surface area (Å²) in [4.78, 5) is 11.1. The van der Waals surface area contributed by atoms with Gasteiger partial charge in [0, 0.05) is 17.3 Å². The van der Waals surface area contributed by atoms with Crippen molar-refractivity contribution in [2.75, 3.05) is 0 Å². The molecule has 0 radical (unpaired) electrons. The van der Waals surface area contributed by atoms with Crippen LogP contribution in [0.1, 0.15) is 13.8 Å². The lowest BCUT2D eigenvalue weighted by molar-refractivity contribution is -0.146. The zero-order chi connectivity index (χ0) is 13.3. The topological polar surface area (TPSA) is 75.3 Å². The number of phenolic OH excluding ortho intramolecular Hbond substituents is 1. The van der Waals surface area contributed by atoms with E-state index in [2.05, 4.69) is 5.10 Å². The first-order chi connectivity index (χ1) is 8.43. The summed E-state index contributed by atoms with van der Waals surface area (Å²) in [5.74, 6) is -0.820. The summed E-state index contributed by atoms with van der Waals surface area (Å²) in [6, 6.07) is 6.86. The highest BCUT2D eigenvalue weighted by Crippen LogP contribution is 2.29. The second-order valence-electron chi connectivity index (χ2n) is 4.55. The average molecular weight is 246 g/mol. The van der Waals surface area contributed by atoms with Crippen molar-refractivity contribution < 1.29 is 15.0 Å². The fraction of sp³-hybridized carbons (Fsp3) is 0.231. The van der Waals surface area contributed by atoms with Gasteiger partial charge in [-0.25, -0.2) is 4.79 Å². The fourth-order valence-corrected chi connectivity index (χ4v) is 1.58. The molecule has 0 aliphatic rings. The van der Waals surface area contributed by atoms with Crippen molar-refractivity contribution in [2.45, 2.75) is 19.4 Å². The van der Waals surface area contributed by atoms with Gasteiger partial charge in [-0.05, 0) is 19.9 Å². The van der Waals surface area contributed by atoms with E-state index < -0.39 is 11.5 Å². The van der Waals surface area contributed by atoms with Gasteiger partial charge in [0.05, 0.1) is 6.20 Å². The number of aromatic nitrogens is 2. The smallest absolute Gasteiger partial charge is 0.331 e. The Morgan fingerprint density at radius 2 is 2.00 bits per heavy atom. The molecule has 0 saturated heterocycles. The Morgan fingerprint density at radius 1 is 1.33 bits per heavy atom. The molecule has 5 nitrogen and oxygen atoms in total. The minimum Gasteiger partial charge on any atom is -0.507 e. The Morgan fingerprint density at radius 3 is 2.61 bits per heavy atom. The van der Waals surface area contributed by atoms with Crippen LogP contribution in [0, 0.1) is 0 Å². The van der Waals surface area contributed by atoms with Gasteiger partial charge < -0.3 is 10.2 Å². The molecule has 2 rings (SSSR count). The van der Waals surface area contributed by atoms with E-state index >= 15 is 0 Å². The number of nitrogens with zero attached hydrogens (tertiary/aromatic N) is 2. The Kier molecular flexibility index (Phi) is 2.82. The quantitative estimate of drug-likeness (QED) is 0.869. The van der Waals surface area contributed by atoms with Gasteiger partial charge in [-0.1, -0.05) is 18.2 Å². The van der Waals surface area contributed by atoms with E-state index in [9.17, 15) is 9.90 Å². The number of hydrogen-bond donors (Lipinski definition) is 2. The minimum atomic E-state index is -1.12. The molecular weight excluding hydrogens is 232 g/mol. The summed E-state index contributed by atoms with van der Waals surface area (Å²) in [6.45, 7) is 3.13. The number of benzene rings is 1. The first-order valence-corrected chi connectivity index (χ1v) is 5.50. The van der Waals surface area contributed by atoms with E-state index in [-0.39, 0.29) is 5.75 Å². The monoisotopic (exact) mass is 246 g/mol. The Labute approximate surface area is 104 Å². The highest BCUT2D eigenvalue weighted by molar-refractivity contribution is 5.76. The second-order valence-corrected chi connectivity index (χ2v) is 4.55. The molecule has 1 aromatic heterocycles. The zero-order valence-electron chi connectivity index (χ0n) is 10.2. The van der Waals surface area contributed by atoms with E-state index in [0.717, 1.165) is 0 Å². The molecule has 0 fully saturated rings. The standard InChI is InChI=1S/C13H14N2O3/c1-13(2,12(17)18)15-8-9(7-14-15)10-5-3-4-6-11(10)16/h3-8,16H,1-2H3,(H,17,18). The number of carbonyl (C=O) groups is 1. The van der Waals surface area contributed by atoms with Crippen molar-refractivity contribution in [3.05, 3.63) is 36.7 Å². The summed E-state index contributed by atoms with van der Waals surface area (Å²) in [5.41, 5.74) is 0.190. The second kappa shape index (κ2) is 4.18. The Bertz CT molecular complexity index is 587. The molecule has 0 aliphatic carbocycles. The van der Waals surface area contributed by atoms with E-state index in [1.54, 1.807) is 50.5 Å². The molecule has 0 amide bonds. The summed E-state index contributed by atoms with van der Waals surface area (Å²) in [5, 5.41) is 22.9. The molecule has 1 aromatic carbocycles. The number of carboxylic acid groups (broad SMARTS) is 1. The van der Waals surface area contributed by atoms with E-state index in [4.69, 9.17) is 5.11 Å². The van der Waals surface area contributed by atoms with Gasteiger partial charge in [0.15, 0.2) is 5.54 Å². The lowest BCUT2D eigenvalue weighted by Gasteiger charge is -2.19. The average Bonchev–Trinajstić information content (AvgIpc) is 2.79. The number of rotatable bonds is 3. The highest BCUT2D eigenvalue weighted by Gasteiger charge is 2.30. The largest absolute Gasteiger partial charge is 0.507 e. The zero-order valence-corrected chi connectivity index (χ0v) is 10.2. The van der Waals surface area contributed by atoms with Crippen molar-refractivity contribution in [1.82, 2.24) is 9.78 Å². The van der Waals surface area contributed by atoms with Crippen LogP contribution in [-0.2, 0) is 10.3 Å².